The van der Waals surface area contributed by atoms with Crippen LogP contribution in [0.25, 0.3) is 0 Å². The van der Waals surface area contributed by atoms with E-state index < -0.39 is 6.16 Å². The molecule has 100 valence electrons. The molecule has 17 heavy (non-hydrogen) atoms. The summed E-state index contributed by atoms with van der Waals surface area (Å²) in [6, 6.07) is 0. The van der Waals surface area contributed by atoms with Gasteiger partial charge >= 0.3 is 29.2 Å². The van der Waals surface area contributed by atoms with E-state index in [2.05, 4.69) is 11.7 Å². The molecule has 0 radical (unpaired) electrons. The first-order chi connectivity index (χ1) is 7.77. The molecule has 0 aromatic rings. The quantitative estimate of drug-likeness (QED) is 0.348. The molecule has 0 bridgehead atoms. The van der Waals surface area contributed by atoms with E-state index in [-0.39, 0.29) is 23.1 Å². The maximum absolute atomic E-state index is 10.0. The van der Waals surface area contributed by atoms with Gasteiger partial charge in [0.05, 0.1) is 6.61 Å². The molecule has 0 aromatic heterocycles. The first-order valence-electron chi connectivity index (χ1n) is 6.63. The van der Waals surface area contributed by atoms with Crippen LogP contribution in [0.3, 0.4) is 0 Å². The molecule has 0 heterocycles. The molecule has 0 saturated heterocycles. The Bertz CT molecular complexity index is 163. The molecule has 0 aliphatic rings. The number of rotatable bonds is 11. The average Bonchev–Trinajstić information content (AvgIpc) is 2.25. The Morgan fingerprint density at radius 2 is 1.29 bits per heavy atom. The van der Waals surface area contributed by atoms with Gasteiger partial charge in [-0.2, -0.15) is 0 Å². The van der Waals surface area contributed by atoms with Crippen molar-refractivity contribution in [2.45, 2.75) is 71.1 Å². The monoisotopic (exact) mass is 256 g/mol. The van der Waals surface area contributed by atoms with Crippen LogP contribution in [-0.4, -0.2) is 40.9 Å². The second-order valence-electron chi connectivity index (χ2n) is 4.30. The van der Waals surface area contributed by atoms with Gasteiger partial charge in [0.25, 0.3) is 0 Å². The van der Waals surface area contributed by atoms with Gasteiger partial charge < -0.3 is 9.84 Å². The number of ether oxygens (including phenoxy) is 1. The Morgan fingerprint density at radius 1 is 0.882 bits per heavy atom. The molecular weight excluding hydrogens is 228 g/mol. The zero-order chi connectivity index (χ0) is 12.1. The van der Waals surface area contributed by atoms with Crippen LogP contribution in [0.2, 0.25) is 0 Å². The van der Waals surface area contributed by atoms with Crippen molar-refractivity contribution in [3.05, 3.63) is 0 Å². The maximum atomic E-state index is 10.0. The summed E-state index contributed by atoms with van der Waals surface area (Å²) in [5.41, 5.74) is 0. The summed E-state index contributed by atoms with van der Waals surface area (Å²) in [5, 5.41) is 8.23. The molecule has 0 atom stereocenters. The lowest BCUT2D eigenvalue weighted by molar-refractivity contribution is 0.0899. The van der Waals surface area contributed by atoms with Crippen molar-refractivity contribution < 1.29 is 14.6 Å². The van der Waals surface area contributed by atoms with Crippen molar-refractivity contribution in [3.63, 3.8) is 0 Å². The maximum Gasteiger partial charge on any atom is 0.505 e. The Labute approximate surface area is 121 Å². The van der Waals surface area contributed by atoms with Crippen molar-refractivity contribution in [2.75, 3.05) is 6.61 Å². The highest BCUT2D eigenvalue weighted by atomic mass is 24.3. The van der Waals surface area contributed by atoms with Crippen molar-refractivity contribution >= 4 is 29.2 Å². The predicted molar refractivity (Wildman–Crippen MR) is 74.4 cm³/mol. The molecule has 0 fully saturated rings. The van der Waals surface area contributed by atoms with Crippen LogP contribution in [0, 0.1) is 0 Å². The number of hydrogen-bond donors (Lipinski definition) is 1. The van der Waals surface area contributed by atoms with Gasteiger partial charge in [-0.1, -0.05) is 64.7 Å². The molecule has 0 unspecified atom stereocenters. The van der Waals surface area contributed by atoms with Gasteiger partial charge in [0.15, 0.2) is 0 Å². The minimum absolute atomic E-state index is 0. The molecule has 0 amide bonds. The Hall–Kier alpha value is 0.0362. The van der Waals surface area contributed by atoms with Crippen molar-refractivity contribution in [2.24, 2.45) is 0 Å². The highest BCUT2D eigenvalue weighted by molar-refractivity contribution is 5.75. The third-order valence-electron chi connectivity index (χ3n) is 2.72. The van der Waals surface area contributed by atoms with Gasteiger partial charge in [0.1, 0.15) is 0 Å². The minimum Gasteiger partial charge on any atom is -0.450 e. The largest absolute Gasteiger partial charge is 0.505 e. The molecule has 0 saturated carbocycles. The highest BCUT2D eigenvalue weighted by Crippen LogP contribution is 2.10. The third kappa shape index (κ3) is 18.6. The first kappa shape index (κ1) is 19.4. The number of carbonyl (C=O) groups is 1. The van der Waals surface area contributed by atoms with Gasteiger partial charge in [-0.05, 0) is 6.42 Å². The second kappa shape index (κ2) is 16.0. The van der Waals surface area contributed by atoms with E-state index in [0.717, 1.165) is 12.8 Å². The van der Waals surface area contributed by atoms with E-state index in [1.54, 1.807) is 0 Å². The van der Waals surface area contributed by atoms with E-state index in [0.29, 0.717) is 6.61 Å². The van der Waals surface area contributed by atoms with Crippen molar-refractivity contribution in [1.82, 2.24) is 0 Å². The van der Waals surface area contributed by atoms with Gasteiger partial charge in [-0.25, -0.2) is 4.79 Å². The van der Waals surface area contributed by atoms with Crippen LogP contribution in [-0.2, 0) is 4.74 Å². The normalized spacial score (nSPS) is 9.71. The lowest BCUT2D eigenvalue weighted by Crippen LogP contribution is -2.01. The van der Waals surface area contributed by atoms with Crippen LogP contribution in [0.15, 0.2) is 0 Å². The summed E-state index contributed by atoms with van der Waals surface area (Å²) in [5.74, 6) is 0. The minimum atomic E-state index is -1.16. The van der Waals surface area contributed by atoms with Crippen LogP contribution < -0.4 is 0 Å². The lowest BCUT2D eigenvalue weighted by atomic mass is 10.1. The van der Waals surface area contributed by atoms with Crippen LogP contribution in [0.1, 0.15) is 71.1 Å². The molecule has 0 spiro atoms. The zero-order valence-corrected chi connectivity index (χ0v) is 10.5. The van der Waals surface area contributed by atoms with Gasteiger partial charge in [0.2, 0.25) is 0 Å². The van der Waals surface area contributed by atoms with E-state index in [1.807, 2.05) is 0 Å². The Kier molecular flexibility index (Phi) is 18.3. The predicted octanol–water partition coefficient (Wildman–Crippen LogP) is 3.69. The number of unbranched alkanes of at least 4 members (excludes halogenated alkanes) is 9. The topological polar surface area (TPSA) is 46.5 Å². The fourth-order valence-electron chi connectivity index (χ4n) is 1.75. The van der Waals surface area contributed by atoms with Crippen LogP contribution in [0.5, 0.6) is 0 Å². The molecule has 0 rings (SSSR count). The summed E-state index contributed by atoms with van der Waals surface area (Å²) < 4.78 is 4.43. The molecular formula is C13H28MgO3. The molecule has 1 N–H and O–H groups in total. The van der Waals surface area contributed by atoms with Gasteiger partial charge in [-0.3, -0.25) is 0 Å². The van der Waals surface area contributed by atoms with Gasteiger partial charge in [-0.15, -0.1) is 0 Å². The van der Waals surface area contributed by atoms with Crippen LogP contribution in [0.4, 0.5) is 4.79 Å². The molecule has 3 nitrogen and oxygen atoms in total. The third-order valence-corrected chi connectivity index (χ3v) is 2.72. The molecule has 0 aliphatic carbocycles. The van der Waals surface area contributed by atoms with E-state index in [9.17, 15) is 4.79 Å². The summed E-state index contributed by atoms with van der Waals surface area (Å²) in [4.78, 5) is 10.0. The fraction of sp³-hybridized carbons (Fsp3) is 0.923. The zero-order valence-electron chi connectivity index (χ0n) is 10.5. The first-order valence-corrected chi connectivity index (χ1v) is 6.63. The molecule has 0 aliphatic heterocycles. The van der Waals surface area contributed by atoms with Crippen molar-refractivity contribution in [1.29, 1.82) is 0 Å². The summed E-state index contributed by atoms with van der Waals surface area (Å²) in [6.45, 7) is 2.59. The van der Waals surface area contributed by atoms with Crippen LogP contribution >= 0.6 is 0 Å². The number of hydrogen-bond acceptors (Lipinski definition) is 2. The second-order valence-corrected chi connectivity index (χ2v) is 4.30. The van der Waals surface area contributed by atoms with Crippen molar-refractivity contribution in [3.8, 4) is 0 Å². The standard InChI is InChI=1S/C13H26O3.Mg.2H/c1-2-3-4-5-6-7-8-9-10-11-12-16-13(14)15;;;/h2-12H2,1H3,(H,14,15);;;. The average molecular weight is 257 g/mol. The fourth-order valence-corrected chi connectivity index (χ4v) is 1.75. The molecule has 4 heteroatoms. The Balaban J connectivity index is 0. The Morgan fingerprint density at radius 3 is 1.71 bits per heavy atom. The smallest absolute Gasteiger partial charge is 0.450 e. The SMILES string of the molecule is CCCCCCCCCCCCOC(=O)O.[MgH2]. The van der Waals surface area contributed by atoms with E-state index in [4.69, 9.17) is 5.11 Å². The van der Waals surface area contributed by atoms with E-state index >= 15 is 0 Å². The van der Waals surface area contributed by atoms with Gasteiger partial charge in [0, 0.05) is 0 Å². The summed E-state index contributed by atoms with van der Waals surface area (Å²) in [6.07, 6.45) is 11.4. The lowest BCUT2D eigenvalue weighted by Gasteiger charge is -2.02. The number of carboxylic acid groups (broad SMARTS) is 1. The molecule has 0 aromatic carbocycles. The summed E-state index contributed by atoms with van der Waals surface area (Å²) >= 11 is 0. The highest BCUT2D eigenvalue weighted by Gasteiger charge is 1.96. The van der Waals surface area contributed by atoms with E-state index in [1.165, 1.54) is 51.4 Å². The summed E-state index contributed by atoms with van der Waals surface area (Å²) in [7, 11) is 0.